The maximum atomic E-state index is 12.6. The number of hydrogen-bond acceptors (Lipinski definition) is 6. The normalized spacial score (nSPS) is 14.2. The fraction of sp³-hybridized carbons (Fsp3) is 0.333. The molecule has 0 aliphatic carbocycles. The third-order valence-corrected chi connectivity index (χ3v) is 5.79. The van der Waals surface area contributed by atoms with E-state index in [1.807, 2.05) is 18.5 Å². The molecule has 0 bridgehead atoms. The van der Waals surface area contributed by atoms with Crippen LogP contribution < -0.4 is 15.2 Å². The van der Waals surface area contributed by atoms with E-state index in [1.165, 1.54) is 10.6 Å². The van der Waals surface area contributed by atoms with Crippen molar-refractivity contribution in [3.05, 3.63) is 75.4 Å². The van der Waals surface area contributed by atoms with Gasteiger partial charge in [0, 0.05) is 50.6 Å². The molecule has 7 nitrogen and oxygen atoms in total. The Morgan fingerprint density at radius 2 is 1.94 bits per heavy atom. The molecule has 3 heterocycles. The molecule has 0 N–H and O–H groups in total. The number of hydrogen-bond donors (Lipinski definition) is 0. The number of pyridine rings is 1. The SMILES string of the molecule is CCCc1cnc(N2CCC(Oc3ccn(-c4ccc(C#N)cc4Cl)c(=O)c3)CC2)nc1. The fourth-order valence-corrected chi connectivity index (χ4v) is 4.07. The van der Waals surface area contributed by atoms with E-state index in [9.17, 15) is 4.79 Å². The molecule has 0 unspecified atom stereocenters. The smallest absolute Gasteiger partial charge is 0.258 e. The number of piperidine rings is 1. The van der Waals surface area contributed by atoms with E-state index < -0.39 is 0 Å². The highest BCUT2D eigenvalue weighted by molar-refractivity contribution is 6.32. The molecule has 1 saturated heterocycles. The molecule has 2 aromatic heterocycles. The highest BCUT2D eigenvalue weighted by atomic mass is 35.5. The minimum absolute atomic E-state index is 0.0272. The maximum absolute atomic E-state index is 12.6. The van der Waals surface area contributed by atoms with Crippen molar-refractivity contribution in [2.24, 2.45) is 0 Å². The largest absolute Gasteiger partial charge is 0.490 e. The van der Waals surface area contributed by atoms with Gasteiger partial charge in [-0.25, -0.2) is 9.97 Å². The first-order valence-electron chi connectivity index (χ1n) is 10.7. The standard InChI is InChI=1S/C24H24ClN5O2/c1-2-3-18-15-27-24(28-16-18)29-9-6-19(7-10-29)32-20-8-11-30(23(31)13-20)22-5-4-17(14-26)12-21(22)25/h4-5,8,11-13,15-16,19H,2-3,6-7,9-10H2,1H3. The first-order valence-corrected chi connectivity index (χ1v) is 11.1. The number of ether oxygens (including phenoxy) is 1. The van der Waals surface area contributed by atoms with Crippen molar-refractivity contribution in [2.45, 2.75) is 38.7 Å². The highest BCUT2D eigenvalue weighted by Crippen LogP contribution is 2.23. The van der Waals surface area contributed by atoms with Crippen molar-refractivity contribution in [1.29, 1.82) is 5.26 Å². The molecule has 0 saturated carbocycles. The summed E-state index contributed by atoms with van der Waals surface area (Å²) in [5, 5.41) is 9.32. The highest BCUT2D eigenvalue weighted by Gasteiger charge is 2.22. The van der Waals surface area contributed by atoms with Crippen LogP contribution in [0.1, 0.15) is 37.3 Å². The fourth-order valence-electron chi connectivity index (χ4n) is 3.80. The second kappa shape index (κ2) is 9.84. The quantitative estimate of drug-likeness (QED) is 0.562. The molecule has 1 aliphatic rings. The molecule has 32 heavy (non-hydrogen) atoms. The number of halogens is 1. The molecule has 3 aromatic rings. The van der Waals surface area contributed by atoms with Gasteiger partial charge < -0.3 is 9.64 Å². The molecule has 4 rings (SSSR count). The number of benzene rings is 1. The summed E-state index contributed by atoms with van der Waals surface area (Å²) < 4.78 is 7.52. The molecular weight excluding hydrogens is 426 g/mol. The lowest BCUT2D eigenvalue weighted by Crippen LogP contribution is -2.39. The number of anilines is 1. The van der Waals surface area contributed by atoms with Gasteiger partial charge in [0.05, 0.1) is 22.3 Å². The summed E-state index contributed by atoms with van der Waals surface area (Å²) in [6, 6.07) is 10.1. The van der Waals surface area contributed by atoms with Gasteiger partial charge in [-0.3, -0.25) is 9.36 Å². The van der Waals surface area contributed by atoms with Gasteiger partial charge in [-0.15, -0.1) is 0 Å². The number of aryl methyl sites for hydroxylation is 1. The summed E-state index contributed by atoms with van der Waals surface area (Å²) in [5.74, 6) is 1.29. The Balaban J connectivity index is 1.38. The summed E-state index contributed by atoms with van der Waals surface area (Å²) in [6.07, 6.45) is 9.20. The van der Waals surface area contributed by atoms with Crippen LogP contribution in [0, 0.1) is 11.3 Å². The first kappa shape index (κ1) is 21.8. The second-order valence-corrected chi connectivity index (χ2v) is 8.20. The van der Waals surface area contributed by atoms with Crippen LogP contribution in [0.5, 0.6) is 5.75 Å². The third-order valence-electron chi connectivity index (χ3n) is 5.49. The van der Waals surface area contributed by atoms with E-state index in [1.54, 1.807) is 30.5 Å². The Morgan fingerprint density at radius 1 is 1.19 bits per heavy atom. The Kier molecular flexibility index (Phi) is 6.72. The van der Waals surface area contributed by atoms with E-state index >= 15 is 0 Å². The van der Waals surface area contributed by atoms with Crippen LogP contribution in [-0.2, 0) is 6.42 Å². The van der Waals surface area contributed by atoms with Crippen LogP contribution in [0.15, 0.2) is 53.7 Å². The summed E-state index contributed by atoms with van der Waals surface area (Å²) in [4.78, 5) is 23.8. The van der Waals surface area contributed by atoms with Crippen LogP contribution in [0.25, 0.3) is 5.69 Å². The van der Waals surface area contributed by atoms with Crippen LogP contribution in [0.4, 0.5) is 5.95 Å². The van der Waals surface area contributed by atoms with Gasteiger partial charge in [0.15, 0.2) is 0 Å². The molecule has 0 atom stereocenters. The number of nitriles is 1. The minimum atomic E-state index is -0.243. The zero-order chi connectivity index (χ0) is 22.5. The molecule has 1 aliphatic heterocycles. The Labute approximate surface area is 191 Å². The average Bonchev–Trinajstić information content (AvgIpc) is 2.81. The number of rotatable bonds is 6. The van der Waals surface area contributed by atoms with Gasteiger partial charge in [-0.05, 0) is 36.2 Å². The summed E-state index contributed by atoms with van der Waals surface area (Å²) in [7, 11) is 0. The van der Waals surface area contributed by atoms with Gasteiger partial charge in [-0.2, -0.15) is 5.26 Å². The molecule has 0 amide bonds. The zero-order valence-electron chi connectivity index (χ0n) is 17.9. The van der Waals surface area contributed by atoms with E-state index in [0.717, 1.165) is 50.3 Å². The molecule has 164 valence electrons. The van der Waals surface area contributed by atoms with Crippen molar-refractivity contribution in [3.63, 3.8) is 0 Å². The van der Waals surface area contributed by atoms with Crippen LogP contribution >= 0.6 is 11.6 Å². The zero-order valence-corrected chi connectivity index (χ0v) is 18.6. The van der Waals surface area contributed by atoms with Gasteiger partial charge >= 0.3 is 0 Å². The minimum Gasteiger partial charge on any atom is -0.490 e. The lowest BCUT2D eigenvalue weighted by molar-refractivity contribution is 0.170. The predicted octanol–water partition coefficient (Wildman–Crippen LogP) is 4.15. The van der Waals surface area contributed by atoms with Crippen LogP contribution in [0.2, 0.25) is 5.02 Å². The van der Waals surface area contributed by atoms with Crippen molar-refractivity contribution >= 4 is 17.5 Å². The Bertz CT molecular complexity index is 1180. The Morgan fingerprint density at radius 3 is 2.56 bits per heavy atom. The van der Waals surface area contributed by atoms with E-state index in [0.29, 0.717) is 22.0 Å². The molecule has 8 heteroatoms. The average molecular weight is 450 g/mol. The second-order valence-electron chi connectivity index (χ2n) is 7.79. The van der Waals surface area contributed by atoms with Crippen molar-refractivity contribution in [3.8, 4) is 17.5 Å². The molecule has 1 fully saturated rings. The van der Waals surface area contributed by atoms with Crippen molar-refractivity contribution in [1.82, 2.24) is 14.5 Å². The number of aromatic nitrogens is 3. The maximum Gasteiger partial charge on any atom is 0.258 e. The van der Waals surface area contributed by atoms with Crippen LogP contribution in [-0.4, -0.2) is 33.7 Å². The third kappa shape index (κ3) is 4.92. The lowest BCUT2D eigenvalue weighted by Gasteiger charge is -2.32. The summed E-state index contributed by atoms with van der Waals surface area (Å²) >= 11 is 6.24. The lowest BCUT2D eigenvalue weighted by atomic mass is 10.1. The first-order chi connectivity index (χ1) is 15.6. The van der Waals surface area contributed by atoms with Gasteiger partial charge in [0.1, 0.15) is 11.9 Å². The molecule has 0 spiro atoms. The van der Waals surface area contributed by atoms with Gasteiger partial charge in [-0.1, -0.05) is 24.9 Å². The number of nitrogens with zero attached hydrogens (tertiary/aromatic N) is 5. The molecular formula is C24H24ClN5O2. The van der Waals surface area contributed by atoms with Gasteiger partial charge in [0.2, 0.25) is 5.95 Å². The predicted molar refractivity (Wildman–Crippen MR) is 124 cm³/mol. The molecule has 0 radical (unpaired) electrons. The van der Waals surface area contributed by atoms with Crippen LogP contribution in [0.3, 0.4) is 0 Å². The monoisotopic (exact) mass is 449 g/mol. The topological polar surface area (TPSA) is 84.0 Å². The summed E-state index contributed by atoms with van der Waals surface area (Å²) in [5.41, 5.74) is 1.89. The van der Waals surface area contributed by atoms with Gasteiger partial charge in [0.25, 0.3) is 5.56 Å². The Hall–Kier alpha value is -3.37. The van der Waals surface area contributed by atoms with Crippen molar-refractivity contribution in [2.75, 3.05) is 18.0 Å². The summed E-state index contributed by atoms with van der Waals surface area (Å²) in [6.45, 7) is 3.74. The van der Waals surface area contributed by atoms with E-state index in [4.69, 9.17) is 21.6 Å². The molecule has 1 aromatic carbocycles. The van der Waals surface area contributed by atoms with Crippen molar-refractivity contribution < 1.29 is 4.74 Å². The van der Waals surface area contributed by atoms with E-state index in [2.05, 4.69) is 21.8 Å². The van der Waals surface area contributed by atoms with E-state index in [-0.39, 0.29) is 11.7 Å².